The number of halogens is 1. The number of fused-ring (bicyclic) bond motifs is 2. The molecule has 2 bridgehead atoms. The summed E-state index contributed by atoms with van der Waals surface area (Å²) in [6.45, 7) is 29.0. The van der Waals surface area contributed by atoms with Crippen molar-refractivity contribution in [2.75, 3.05) is 45.0 Å². The smallest absolute Gasteiger partial charge is 0.407 e. The van der Waals surface area contributed by atoms with Crippen LogP contribution in [0.25, 0.3) is 0 Å². The van der Waals surface area contributed by atoms with E-state index in [0.29, 0.717) is 71.0 Å². The summed E-state index contributed by atoms with van der Waals surface area (Å²) in [6, 6.07) is 4.75. The van der Waals surface area contributed by atoms with Crippen LogP contribution in [0.15, 0.2) is 59.2 Å². The maximum Gasteiger partial charge on any atom is 0.407 e. The van der Waals surface area contributed by atoms with Gasteiger partial charge in [-0.05, 0) is 169 Å². The fraction of sp³-hybridized carbons (Fsp3) is 0.660. The number of allylic oxidation sites excluding steroid dienone is 3. The first-order valence-electron chi connectivity index (χ1n) is 45.7. The molecule has 19 unspecified atom stereocenters. The van der Waals surface area contributed by atoms with E-state index in [1.54, 1.807) is 71.9 Å². The van der Waals surface area contributed by atoms with Crippen LogP contribution in [0.5, 0.6) is 11.5 Å². The lowest BCUT2D eigenvalue weighted by Crippen LogP contribution is -2.64. The number of aliphatic hydroxyl groups is 5. The quantitative estimate of drug-likeness (QED) is 0.00743. The van der Waals surface area contributed by atoms with Crippen molar-refractivity contribution in [2.24, 2.45) is 35.0 Å². The Labute approximate surface area is 805 Å². The van der Waals surface area contributed by atoms with Gasteiger partial charge in [-0.2, -0.15) is 5.48 Å². The van der Waals surface area contributed by atoms with Crippen LogP contribution in [0, 0.1) is 76.1 Å². The van der Waals surface area contributed by atoms with Crippen LogP contribution >= 0.6 is 55.9 Å². The van der Waals surface area contributed by atoms with Gasteiger partial charge in [0.15, 0.2) is 36.0 Å². The van der Waals surface area contributed by atoms with E-state index in [0.717, 1.165) is 11.8 Å². The van der Waals surface area contributed by atoms with Crippen LogP contribution in [-0.2, 0) is 92.5 Å². The second kappa shape index (κ2) is 50.0. The predicted molar refractivity (Wildman–Crippen MR) is 507 cm³/mol. The number of hydroxylamine groups is 1. The summed E-state index contributed by atoms with van der Waals surface area (Å²) >= 11 is 2.90. The number of thioether (sulfide) groups is 1. The van der Waals surface area contributed by atoms with E-state index < -0.39 is 149 Å². The molecule has 5 saturated heterocycles. The summed E-state index contributed by atoms with van der Waals surface area (Å²) in [5.74, 6) is 8.67. The zero-order chi connectivity index (χ0) is 97.8. The number of carbonyl (C=O) groups excluding carboxylic acids is 11. The van der Waals surface area contributed by atoms with Gasteiger partial charge in [-0.1, -0.05) is 137 Å². The highest BCUT2D eigenvalue weighted by Gasteiger charge is 2.53. The topological polar surface area (TPSA) is 442 Å². The van der Waals surface area contributed by atoms with E-state index >= 15 is 0 Å². The zero-order valence-corrected chi connectivity index (χ0v) is 84.0. The van der Waals surface area contributed by atoms with Crippen molar-refractivity contribution in [1.82, 2.24) is 21.0 Å². The summed E-state index contributed by atoms with van der Waals surface area (Å²) in [5, 5.41) is 66.2. The molecule has 2 aromatic rings. The third kappa shape index (κ3) is 29.8. The summed E-state index contributed by atoms with van der Waals surface area (Å²) in [5.41, 5.74) is 2.92. The van der Waals surface area contributed by atoms with Crippen LogP contribution in [0.1, 0.15) is 227 Å². The number of likely N-dealkylation sites (tertiary alicyclic amines) is 1. The van der Waals surface area contributed by atoms with E-state index in [1.165, 1.54) is 66.7 Å². The van der Waals surface area contributed by atoms with E-state index in [4.69, 9.17) is 52.2 Å². The number of methoxy groups -OCH3 is 2. The average Bonchev–Trinajstić information content (AvgIpc) is 1.33. The van der Waals surface area contributed by atoms with Crippen LogP contribution < -0.4 is 30.9 Å². The summed E-state index contributed by atoms with van der Waals surface area (Å²) < 4.78 is 61.8. The largest absolute Gasteiger partial charge is 0.496 e. The minimum Gasteiger partial charge on any atom is -0.496 e. The molecule has 0 saturated carbocycles. The predicted octanol–water partition coefficient (Wildman–Crippen LogP) is 11.0. The van der Waals surface area contributed by atoms with Gasteiger partial charge in [-0.25, -0.2) is 4.79 Å². The lowest BCUT2D eigenvalue weighted by atomic mass is 9.72. The lowest BCUT2D eigenvalue weighted by molar-refractivity contribution is -0.335. The molecule has 133 heavy (non-hydrogen) atoms. The van der Waals surface area contributed by atoms with Crippen molar-refractivity contribution < 1.29 is 130 Å². The zero-order valence-electron chi connectivity index (χ0n) is 79.4. The van der Waals surface area contributed by atoms with Crippen molar-refractivity contribution in [1.29, 1.82) is 0 Å². The Morgan fingerprint density at radius 2 is 1.50 bits per heavy atom. The number of benzene rings is 2. The molecule has 734 valence electrons. The van der Waals surface area contributed by atoms with Crippen molar-refractivity contribution >= 4 is 125 Å². The summed E-state index contributed by atoms with van der Waals surface area (Å²) in [4.78, 5) is 154. The number of nitrogens with zero attached hydrogens (tertiary/aromatic N) is 1. The van der Waals surface area contributed by atoms with Gasteiger partial charge in [0.05, 0.1) is 76.9 Å². The van der Waals surface area contributed by atoms with Gasteiger partial charge >= 0.3 is 6.09 Å². The number of anilines is 1. The number of unbranched alkanes of at least 4 members (excludes halogenated alkanes) is 2. The molecule has 9 N–H and O–H groups in total. The standard InChI is InChI=1S/C97H134IN5O27S3/c1-19-51(2)79(101-72(110)30-24-22-26-40-103-73(111)46-67(90(103)116)95(12,13)14)68(107)42-53(4)89(115)100-63-33-31-61(32-34-63)49-123-94(118)99-39-27-28-64(106)35-38-96(15,16)133-131-41-36-66-77-65(45-55(6)105)70(109)48-97(66,119)37-25-21-20-23-29-71(77)127-93-87(128-74-43-52(3)62(50-122-74)44-54(5)104)82(113)80(58(9)125-93)102-130-75-47-69(108)88(60(11)124-75)132-91(117)76-56(7)78(98)85(57(8)84(76)120-17)129-92-83(114)86(121-18)81(112)59(10)126-92/h20-21,31-34,36,51-53,58-60,62,67,69,71,74-75,79-83,86-88,92-93,102,108,112-114,119H,19,22,24,26-28,30,35,38-50H2,1-18H3,(H,99,118)(H,100,115)(H,101,110)/b21-20-,66-36-/t51?,52?,53-,58?,59?,60?,62?,67?,69?,71+,74?,75?,79+,80?,81?,82?,83?,86?,87?,88?,92?,93?,97+/m1/s1. The first-order chi connectivity index (χ1) is 62.8. The summed E-state index contributed by atoms with van der Waals surface area (Å²) in [6.07, 6.45) is -9.51. The Kier molecular flexibility index (Phi) is 41.2. The highest BCUT2D eigenvalue weighted by atomic mass is 127. The molecule has 9 rings (SSSR count). The number of ketones is 5. The minimum absolute atomic E-state index is 0.0133. The normalized spacial score (nSPS) is 29.1. The fourth-order valence-electron chi connectivity index (χ4n) is 17.1. The van der Waals surface area contributed by atoms with Crippen LogP contribution in [0.2, 0.25) is 0 Å². The Morgan fingerprint density at radius 1 is 0.797 bits per heavy atom. The number of aliphatic hydroxyl groups excluding tert-OH is 4. The van der Waals surface area contributed by atoms with Crippen LogP contribution in [0.4, 0.5) is 10.5 Å². The number of hydrogen-bond acceptors (Lipinski definition) is 31. The molecule has 0 aromatic heterocycles. The highest BCUT2D eigenvalue weighted by molar-refractivity contribution is 14.1. The maximum atomic E-state index is 14.6. The Morgan fingerprint density at radius 3 is 2.16 bits per heavy atom. The van der Waals surface area contributed by atoms with Gasteiger partial charge < -0.3 is 93.6 Å². The number of ether oxygens (including phenoxy) is 10. The van der Waals surface area contributed by atoms with Gasteiger partial charge in [0.2, 0.25) is 35.0 Å². The van der Waals surface area contributed by atoms with Crippen LogP contribution in [0.3, 0.4) is 0 Å². The number of amides is 5. The summed E-state index contributed by atoms with van der Waals surface area (Å²) in [7, 11) is 5.67. The Bertz CT molecular complexity index is 4720. The number of alkyl carbamates (subject to hydrolysis) is 1. The van der Waals surface area contributed by atoms with Gasteiger partial charge in [0.1, 0.15) is 72.1 Å². The van der Waals surface area contributed by atoms with E-state index in [1.807, 2.05) is 78.0 Å². The van der Waals surface area contributed by atoms with Gasteiger partial charge in [-0.15, -0.1) is 0 Å². The highest BCUT2D eigenvalue weighted by Crippen LogP contribution is 2.48. The van der Waals surface area contributed by atoms with Crippen molar-refractivity contribution in [3.8, 4) is 35.2 Å². The number of rotatable bonds is 44. The molecular weight excluding hydrogens is 1890 g/mol. The number of hydrogen-bond donors (Lipinski definition) is 9. The SMILES string of the molecule is CCC(C)[C@H](NC(=O)CCCCCN1C(=O)CC(C(C)(C)C)C1=O)C(=O)C[C@@H](C)C(=O)Nc1ccc(COC(=O)NCCCC(=O)CCC(C)(C)SSC/C=C2/C3=C(CC(C)=O)C(=O)C[C@@]2(O)C#C/C=C\C#C[C@@H]3OC2OC(C)C(NOC3CC(O)C(SC(=O)c4c(C)c(I)c(OC5OC(C)C(O)C(OC)C5O)c(C)c4OC)C(C)O3)C(O)C2OC2CC(C)C(CC(C)=O)CO2)cc1. The molecule has 0 spiro atoms. The number of carbonyl (C=O) groups is 11. The van der Waals surface area contributed by atoms with Gasteiger partial charge in [-0.3, -0.25) is 52.9 Å². The molecule has 32 nitrogen and oxygen atoms in total. The average molecular weight is 2030 g/mol. The van der Waals surface area contributed by atoms with Gasteiger partial charge in [0.25, 0.3) is 0 Å². The first kappa shape index (κ1) is 110. The molecule has 0 radical (unpaired) electrons. The second-order valence-electron chi connectivity index (χ2n) is 37.5. The molecule has 5 fully saturated rings. The number of nitrogens with one attached hydrogen (secondary N) is 4. The molecule has 5 heterocycles. The molecule has 5 aliphatic heterocycles. The number of Topliss-reactive ketones (excluding diaryl/α,β-unsaturated/α-hetero) is 5. The van der Waals surface area contributed by atoms with E-state index in [9.17, 15) is 78.3 Å². The lowest BCUT2D eigenvalue weighted by Gasteiger charge is -2.46. The van der Waals surface area contributed by atoms with Gasteiger partial charge in [0, 0.05) is 122 Å². The second-order valence-corrected chi connectivity index (χ2v) is 42.8. The van der Waals surface area contributed by atoms with Crippen molar-refractivity contribution in [3.63, 3.8) is 0 Å². The Balaban J connectivity index is 0.765. The van der Waals surface area contributed by atoms with Crippen molar-refractivity contribution in [3.05, 3.63) is 85.0 Å². The fourth-order valence-corrected chi connectivity index (χ4v) is 21.5. The monoisotopic (exact) mass is 2020 g/mol. The molecule has 2 aliphatic carbocycles. The van der Waals surface area contributed by atoms with E-state index in [2.05, 4.69) is 45.1 Å². The third-order valence-electron chi connectivity index (χ3n) is 25.3. The third-order valence-corrected chi connectivity index (χ3v) is 31.2. The minimum atomic E-state index is -2.13. The molecular formula is C97H134IN5O27S3. The number of imide groups is 1. The molecule has 36 heteroatoms. The molecule has 2 aromatic carbocycles. The molecule has 23 atom stereocenters. The van der Waals surface area contributed by atoms with E-state index in [-0.39, 0.29) is 187 Å². The van der Waals surface area contributed by atoms with Crippen LogP contribution in [-0.4, -0.2) is 248 Å². The van der Waals surface area contributed by atoms with Crippen molar-refractivity contribution in [2.45, 2.75) is 334 Å². The Hall–Kier alpha value is -7.03. The first-order valence-corrected chi connectivity index (χ1v) is 50.0. The molecule has 7 aliphatic rings. The maximum absolute atomic E-state index is 14.6. The molecule has 5 amide bonds.